The third kappa shape index (κ3) is 4.46. The highest BCUT2D eigenvalue weighted by Gasteiger charge is 2.37. The van der Waals surface area contributed by atoms with Crippen LogP contribution in [0.15, 0.2) is 91.0 Å². The van der Waals surface area contributed by atoms with E-state index in [1.807, 2.05) is 31.2 Å². The lowest BCUT2D eigenvalue weighted by atomic mass is 10.0. The number of aromatic amines is 1. The summed E-state index contributed by atoms with van der Waals surface area (Å²) >= 11 is 0. The number of carbonyl (C=O) groups excluding carboxylic acids is 3. The van der Waals surface area contributed by atoms with Gasteiger partial charge in [0.1, 0.15) is 5.82 Å². The molecular formula is C31H23FN4O3. The quantitative estimate of drug-likeness (QED) is 0.293. The molecule has 7 nitrogen and oxygen atoms in total. The Kier molecular flexibility index (Phi) is 5.99. The number of aryl methyl sites for hydroxylation is 1. The van der Waals surface area contributed by atoms with Gasteiger partial charge < -0.3 is 5.32 Å². The number of carbonyl (C=O) groups is 3. The van der Waals surface area contributed by atoms with Crippen molar-refractivity contribution in [3.63, 3.8) is 0 Å². The van der Waals surface area contributed by atoms with E-state index in [9.17, 15) is 18.8 Å². The second kappa shape index (κ2) is 9.64. The molecule has 0 fully saturated rings. The van der Waals surface area contributed by atoms with Crippen molar-refractivity contribution in [2.24, 2.45) is 0 Å². The van der Waals surface area contributed by atoms with Gasteiger partial charge in [-0.2, -0.15) is 5.10 Å². The van der Waals surface area contributed by atoms with Crippen LogP contribution in [0.4, 0.5) is 4.39 Å². The van der Waals surface area contributed by atoms with Crippen LogP contribution < -0.4 is 5.32 Å². The largest absolute Gasteiger partial charge is 0.343 e. The van der Waals surface area contributed by atoms with Gasteiger partial charge in [-0.1, -0.05) is 42.5 Å². The number of imide groups is 1. The number of amides is 3. The number of hydrogen-bond acceptors (Lipinski definition) is 4. The highest BCUT2D eigenvalue weighted by atomic mass is 19.1. The SMILES string of the molecule is Cc1[nH]nc2ccc(-c3cccc(C(=O)NC(CN4C(=O)c5ccccc5C4=O)c4cccc(F)c4)c3)cc12. The van der Waals surface area contributed by atoms with Crippen molar-refractivity contribution >= 4 is 28.6 Å². The molecule has 0 bridgehead atoms. The van der Waals surface area contributed by atoms with Gasteiger partial charge in [0, 0.05) is 16.6 Å². The number of rotatable bonds is 6. The van der Waals surface area contributed by atoms with Crippen molar-refractivity contribution in [2.75, 3.05) is 6.54 Å². The van der Waals surface area contributed by atoms with Gasteiger partial charge in [-0.05, 0) is 72.1 Å². The first-order chi connectivity index (χ1) is 18.9. The molecule has 1 aromatic heterocycles. The topological polar surface area (TPSA) is 95.2 Å². The molecule has 2 N–H and O–H groups in total. The van der Waals surface area contributed by atoms with Crippen molar-refractivity contribution in [3.8, 4) is 11.1 Å². The van der Waals surface area contributed by atoms with Crippen LogP contribution in [0, 0.1) is 12.7 Å². The Bertz CT molecular complexity index is 1740. The molecule has 192 valence electrons. The van der Waals surface area contributed by atoms with Gasteiger partial charge in [0.15, 0.2) is 0 Å². The van der Waals surface area contributed by atoms with E-state index in [0.29, 0.717) is 22.3 Å². The number of hydrogen-bond donors (Lipinski definition) is 2. The van der Waals surface area contributed by atoms with E-state index in [1.165, 1.54) is 18.2 Å². The monoisotopic (exact) mass is 518 g/mol. The number of halogens is 1. The Morgan fingerprint density at radius 1 is 0.897 bits per heavy atom. The van der Waals surface area contributed by atoms with E-state index in [-0.39, 0.29) is 6.54 Å². The summed E-state index contributed by atoms with van der Waals surface area (Å²) in [6.45, 7) is 1.81. The maximum Gasteiger partial charge on any atom is 0.261 e. The van der Waals surface area contributed by atoms with Crippen LogP contribution in [0.25, 0.3) is 22.0 Å². The van der Waals surface area contributed by atoms with Crippen molar-refractivity contribution in [1.29, 1.82) is 0 Å². The Labute approximate surface area is 223 Å². The molecule has 0 aliphatic carbocycles. The summed E-state index contributed by atoms with van der Waals surface area (Å²) in [5.41, 5.74) is 5.02. The number of benzene rings is 4. The summed E-state index contributed by atoms with van der Waals surface area (Å²) in [4.78, 5) is 40.6. The van der Waals surface area contributed by atoms with Crippen LogP contribution >= 0.6 is 0 Å². The van der Waals surface area contributed by atoms with E-state index >= 15 is 0 Å². The summed E-state index contributed by atoms with van der Waals surface area (Å²) < 4.78 is 14.2. The van der Waals surface area contributed by atoms with Crippen molar-refractivity contribution in [3.05, 3.63) is 125 Å². The molecule has 3 amide bonds. The lowest BCUT2D eigenvalue weighted by Gasteiger charge is -2.24. The van der Waals surface area contributed by atoms with Crippen LogP contribution in [-0.2, 0) is 0 Å². The molecule has 4 aromatic carbocycles. The summed E-state index contributed by atoms with van der Waals surface area (Å²) in [5, 5.41) is 11.2. The molecule has 1 aliphatic rings. The van der Waals surface area contributed by atoms with Gasteiger partial charge >= 0.3 is 0 Å². The van der Waals surface area contributed by atoms with Crippen molar-refractivity contribution in [1.82, 2.24) is 20.4 Å². The van der Waals surface area contributed by atoms with Crippen LogP contribution in [0.3, 0.4) is 0 Å². The number of nitrogens with one attached hydrogen (secondary N) is 2. The Morgan fingerprint density at radius 3 is 2.36 bits per heavy atom. The van der Waals surface area contributed by atoms with Crippen LogP contribution in [-0.4, -0.2) is 39.4 Å². The molecule has 6 rings (SSSR count). The summed E-state index contributed by atoms with van der Waals surface area (Å²) in [6, 6.07) is 24.6. The third-order valence-corrected chi connectivity index (χ3v) is 7.00. The summed E-state index contributed by atoms with van der Waals surface area (Å²) in [6.07, 6.45) is 0. The predicted octanol–water partition coefficient (Wildman–Crippen LogP) is 5.44. The van der Waals surface area contributed by atoms with Gasteiger partial charge in [0.05, 0.1) is 29.2 Å². The molecule has 0 radical (unpaired) electrons. The number of aromatic nitrogens is 2. The normalized spacial score (nSPS) is 13.5. The van der Waals surface area contributed by atoms with Crippen LogP contribution in [0.5, 0.6) is 0 Å². The summed E-state index contributed by atoms with van der Waals surface area (Å²) in [5.74, 6) is -1.79. The molecule has 2 heterocycles. The molecule has 5 aromatic rings. The average Bonchev–Trinajstić information content (AvgIpc) is 3.44. The zero-order valence-electron chi connectivity index (χ0n) is 20.9. The Morgan fingerprint density at radius 2 is 1.62 bits per heavy atom. The maximum absolute atomic E-state index is 14.2. The minimum absolute atomic E-state index is 0.141. The first-order valence-electron chi connectivity index (χ1n) is 12.5. The fourth-order valence-corrected chi connectivity index (χ4v) is 4.94. The van der Waals surface area contributed by atoms with Gasteiger partial charge in [-0.3, -0.25) is 24.4 Å². The fourth-order valence-electron chi connectivity index (χ4n) is 4.94. The molecule has 39 heavy (non-hydrogen) atoms. The number of H-pyrrole nitrogens is 1. The minimum atomic E-state index is -0.830. The molecule has 0 saturated carbocycles. The molecule has 0 saturated heterocycles. The van der Waals surface area contributed by atoms with E-state index < -0.39 is 29.6 Å². The fraction of sp³-hybridized carbons (Fsp3) is 0.0968. The molecule has 1 aliphatic heterocycles. The molecule has 8 heteroatoms. The lowest BCUT2D eigenvalue weighted by molar-refractivity contribution is 0.0629. The van der Waals surface area contributed by atoms with Gasteiger partial charge in [-0.25, -0.2) is 4.39 Å². The highest BCUT2D eigenvalue weighted by molar-refractivity contribution is 6.21. The van der Waals surface area contributed by atoms with Gasteiger partial charge in [0.25, 0.3) is 17.7 Å². The second-order valence-corrected chi connectivity index (χ2v) is 9.51. The molecule has 0 spiro atoms. The zero-order chi connectivity index (χ0) is 27.1. The van der Waals surface area contributed by atoms with Crippen molar-refractivity contribution in [2.45, 2.75) is 13.0 Å². The molecule has 1 unspecified atom stereocenters. The third-order valence-electron chi connectivity index (χ3n) is 7.00. The Balaban J connectivity index is 1.29. The molecule has 1 atom stereocenters. The first-order valence-corrected chi connectivity index (χ1v) is 12.5. The predicted molar refractivity (Wildman–Crippen MR) is 145 cm³/mol. The minimum Gasteiger partial charge on any atom is -0.343 e. The number of fused-ring (bicyclic) bond motifs is 2. The van der Waals surface area contributed by atoms with E-state index in [1.54, 1.807) is 48.5 Å². The van der Waals surface area contributed by atoms with Crippen LogP contribution in [0.2, 0.25) is 0 Å². The Hall–Kier alpha value is -5.11. The summed E-state index contributed by atoms with van der Waals surface area (Å²) in [7, 11) is 0. The lowest BCUT2D eigenvalue weighted by Crippen LogP contribution is -2.40. The smallest absolute Gasteiger partial charge is 0.261 e. The average molecular weight is 519 g/mol. The molecular weight excluding hydrogens is 495 g/mol. The first kappa shape index (κ1) is 24.2. The van der Waals surface area contributed by atoms with Crippen molar-refractivity contribution < 1.29 is 18.8 Å². The second-order valence-electron chi connectivity index (χ2n) is 9.51. The van der Waals surface area contributed by atoms with Gasteiger partial charge in [0.2, 0.25) is 0 Å². The van der Waals surface area contributed by atoms with E-state index in [4.69, 9.17) is 0 Å². The number of nitrogens with zero attached hydrogens (tertiary/aromatic N) is 2. The van der Waals surface area contributed by atoms with Gasteiger partial charge in [-0.15, -0.1) is 0 Å². The van der Waals surface area contributed by atoms with E-state index in [2.05, 4.69) is 15.5 Å². The highest BCUT2D eigenvalue weighted by Crippen LogP contribution is 2.28. The maximum atomic E-state index is 14.2. The zero-order valence-corrected chi connectivity index (χ0v) is 20.9. The van der Waals surface area contributed by atoms with E-state index in [0.717, 1.165) is 32.6 Å². The standard InChI is InChI=1S/C31H23FN4O3/c1-18-26-16-20(12-13-27(26)35-34-18)19-6-4-8-22(14-19)29(37)33-28(21-7-5-9-23(32)15-21)17-36-30(38)24-10-2-3-11-25(24)31(36)39/h2-16,28H,17H2,1H3,(H,33,37)(H,34,35). The van der Waals surface area contributed by atoms with Crippen LogP contribution in [0.1, 0.15) is 48.4 Å².